The molecule has 1 unspecified atom stereocenters. The lowest BCUT2D eigenvalue weighted by atomic mass is 10.2. The van der Waals surface area contributed by atoms with E-state index in [1.54, 1.807) is 12.1 Å². The highest BCUT2D eigenvalue weighted by molar-refractivity contribution is 5.93. The molecule has 0 radical (unpaired) electrons. The number of amides is 2. The van der Waals surface area contributed by atoms with Gasteiger partial charge in [-0.3, -0.25) is 14.5 Å². The molecule has 1 atom stereocenters. The highest BCUT2D eigenvalue weighted by Crippen LogP contribution is 2.19. The predicted octanol–water partition coefficient (Wildman–Crippen LogP) is 0.547. The zero-order chi connectivity index (χ0) is 14.5. The molecule has 20 heavy (non-hydrogen) atoms. The molecule has 108 valence electrons. The Hall–Kier alpha value is -2.08. The van der Waals surface area contributed by atoms with Crippen molar-refractivity contribution in [1.82, 2.24) is 4.90 Å². The number of primary amides is 1. The topological polar surface area (TPSA) is 101 Å². The van der Waals surface area contributed by atoms with Crippen molar-refractivity contribution >= 4 is 23.2 Å². The molecular formula is C14H20N4O2. The number of hydrogen-bond donors (Lipinski definition) is 3. The zero-order valence-corrected chi connectivity index (χ0v) is 11.3. The number of benzene rings is 1. The summed E-state index contributed by atoms with van der Waals surface area (Å²) in [6.07, 6.45) is 2.04. The molecule has 1 saturated heterocycles. The van der Waals surface area contributed by atoms with Crippen LogP contribution in [-0.2, 0) is 9.59 Å². The van der Waals surface area contributed by atoms with Gasteiger partial charge in [-0.1, -0.05) is 12.1 Å². The molecule has 0 aromatic heterocycles. The van der Waals surface area contributed by atoms with E-state index in [1.807, 2.05) is 17.0 Å². The maximum atomic E-state index is 11.9. The Morgan fingerprint density at radius 1 is 1.35 bits per heavy atom. The van der Waals surface area contributed by atoms with Gasteiger partial charge in [0.2, 0.25) is 11.8 Å². The van der Waals surface area contributed by atoms with Crippen LogP contribution in [0.15, 0.2) is 24.3 Å². The molecule has 0 spiro atoms. The van der Waals surface area contributed by atoms with Crippen molar-refractivity contribution < 1.29 is 9.59 Å². The Kier molecular flexibility index (Phi) is 4.57. The second-order valence-corrected chi connectivity index (χ2v) is 4.98. The van der Waals surface area contributed by atoms with Crippen LogP contribution in [0, 0.1) is 0 Å². The molecule has 6 heteroatoms. The Morgan fingerprint density at radius 2 is 2.10 bits per heavy atom. The van der Waals surface area contributed by atoms with Crippen molar-refractivity contribution in [3.05, 3.63) is 24.3 Å². The lowest BCUT2D eigenvalue weighted by molar-refractivity contribution is -0.123. The summed E-state index contributed by atoms with van der Waals surface area (Å²) in [5, 5.41) is 2.77. The summed E-state index contributed by atoms with van der Waals surface area (Å²) in [5.74, 6) is -0.423. The third kappa shape index (κ3) is 3.48. The van der Waals surface area contributed by atoms with Gasteiger partial charge in [0.25, 0.3) is 0 Å². The maximum Gasteiger partial charge on any atom is 0.234 e. The van der Waals surface area contributed by atoms with Crippen LogP contribution in [-0.4, -0.2) is 35.8 Å². The number of carbonyl (C=O) groups excluding carboxylic acids is 2. The van der Waals surface area contributed by atoms with E-state index in [2.05, 4.69) is 5.32 Å². The predicted molar refractivity (Wildman–Crippen MR) is 77.9 cm³/mol. The monoisotopic (exact) mass is 276 g/mol. The molecule has 2 amide bonds. The fraction of sp³-hybridized carbons (Fsp3) is 0.429. The molecule has 5 N–H and O–H groups in total. The number of hydrogen-bond acceptors (Lipinski definition) is 4. The van der Waals surface area contributed by atoms with Gasteiger partial charge in [-0.25, -0.2) is 0 Å². The van der Waals surface area contributed by atoms with Crippen molar-refractivity contribution in [2.45, 2.75) is 25.3 Å². The number of anilines is 2. The normalized spacial score (nSPS) is 18.9. The minimum atomic E-state index is -0.310. The van der Waals surface area contributed by atoms with E-state index in [0.29, 0.717) is 24.3 Å². The average molecular weight is 276 g/mol. The van der Waals surface area contributed by atoms with Gasteiger partial charge in [0.15, 0.2) is 0 Å². The van der Waals surface area contributed by atoms with Crippen molar-refractivity contribution in [3.8, 4) is 0 Å². The molecule has 1 aliphatic rings. The van der Waals surface area contributed by atoms with Crippen LogP contribution >= 0.6 is 0 Å². The highest BCUT2D eigenvalue weighted by atomic mass is 16.2. The molecule has 6 nitrogen and oxygen atoms in total. The van der Waals surface area contributed by atoms with Crippen LogP contribution in [0.4, 0.5) is 11.4 Å². The molecular weight excluding hydrogens is 256 g/mol. The molecule has 1 heterocycles. The smallest absolute Gasteiger partial charge is 0.234 e. The number of para-hydroxylation sites is 2. The van der Waals surface area contributed by atoms with Crippen molar-refractivity contribution in [3.63, 3.8) is 0 Å². The summed E-state index contributed by atoms with van der Waals surface area (Å²) >= 11 is 0. The van der Waals surface area contributed by atoms with E-state index in [0.717, 1.165) is 19.4 Å². The van der Waals surface area contributed by atoms with E-state index in [4.69, 9.17) is 11.5 Å². The average Bonchev–Trinajstić information content (AvgIpc) is 2.88. The van der Waals surface area contributed by atoms with Gasteiger partial charge < -0.3 is 16.8 Å². The standard InChI is InChI=1S/C14H20N4O2/c15-10-4-1-2-5-11(10)17-13(19)7-9-18-8-3-6-12(18)14(16)20/h1-2,4-5,12H,3,6-9,15H2,(H2,16,20)(H,17,19). The van der Waals surface area contributed by atoms with Gasteiger partial charge in [-0.15, -0.1) is 0 Å². The van der Waals surface area contributed by atoms with Gasteiger partial charge in [-0.05, 0) is 31.5 Å². The Bertz CT molecular complexity index is 504. The summed E-state index contributed by atoms with van der Waals surface area (Å²) in [7, 11) is 0. The van der Waals surface area contributed by atoms with Crippen LogP contribution in [0.1, 0.15) is 19.3 Å². The first kappa shape index (κ1) is 14.3. The number of nitrogens with two attached hydrogens (primary N) is 2. The fourth-order valence-corrected chi connectivity index (χ4v) is 2.48. The molecule has 2 rings (SSSR count). The van der Waals surface area contributed by atoms with Crippen molar-refractivity contribution in [1.29, 1.82) is 0 Å². The van der Waals surface area contributed by atoms with Gasteiger partial charge in [0.05, 0.1) is 17.4 Å². The summed E-state index contributed by atoms with van der Waals surface area (Å²) in [5.41, 5.74) is 12.3. The first-order valence-corrected chi connectivity index (χ1v) is 6.75. The lowest BCUT2D eigenvalue weighted by Crippen LogP contribution is -2.41. The maximum absolute atomic E-state index is 11.9. The number of nitrogens with zero attached hydrogens (tertiary/aromatic N) is 1. The largest absolute Gasteiger partial charge is 0.397 e. The van der Waals surface area contributed by atoms with E-state index >= 15 is 0 Å². The van der Waals surface area contributed by atoms with Gasteiger partial charge in [0, 0.05) is 13.0 Å². The number of likely N-dealkylation sites (tertiary alicyclic amines) is 1. The van der Waals surface area contributed by atoms with E-state index in [9.17, 15) is 9.59 Å². The summed E-state index contributed by atoms with van der Waals surface area (Å²) in [6.45, 7) is 1.35. The van der Waals surface area contributed by atoms with Gasteiger partial charge >= 0.3 is 0 Å². The first-order chi connectivity index (χ1) is 9.58. The van der Waals surface area contributed by atoms with Crippen LogP contribution in [0.2, 0.25) is 0 Å². The lowest BCUT2D eigenvalue weighted by Gasteiger charge is -2.21. The number of carbonyl (C=O) groups is 2. The number of nitrogen functional groups attached to an aromatic ring is 1. The molecule has 0 saturated carbocycles. The summed E-state index contributed by atoms with van der Waals surface area (Å²) in [6, 6.07) is 6.89. The number of rotatable bonds is 5. The van der Waals surface area contributed by atoms with Crippen LogP contribution in [0.3, 0.4) is 0 Å². The molecule has 1 aliphatic heterocycles. The third-order valence-electron chi connectivity index (χ3n) is 3.55. The van der Waals surface area contributed by atoms with E-state index in [-0.39, 0.29) is 17.9 Å². The van der Waals surface area contributed by atoms with Crippen molar-refractivity contribution in [2.24, 2.45) is 5.73 Å². The van der Waals surface area contributed by atoms with Crippen LogP contribution < -0.4 is 16.8 Å². The minimum Gasteiger partial charge on any atom is -0.397 e. The Labute approximate surface area is 118 Å². The first-order valence-electron chi connectivity index (χ1n) is 6.75. The molecule has 0 bridgehead atoms. The molecule has 0 aliphatic carbocycles. The zero-order valence-electron chi connectivity index (χ0n) is 11.3. The third-order valence-corrected chi connectivity index (χ3v) is 3.55. The van der Waals surface area contributed by atoms with Gasteiger partial charge in [-0.2, -0.15) is 0 Å². The van der Waals surface area contributed by atoms with E-state index < -0.39 is 0 Å². The number of nitrogens with one attached hydrogen (secondary N) is 1. The quantitative estimate of drug-likeness (QED) is 0.683. The second kappa shape index (κ2) is 6.38. The second-order valence-electron chi connectivity index (χ2n) is 4.98. The minimum absolute atomic E-state index is 0.113. The summed E-state index contributed by atoms with van der Waals surface area (Å²) in [4.78, 5) is 25.1. The van der Waals surface area contributed by atoms with E-state index in [1.165, 1.54) is 0 Å². The Balaban J connectivity index is 1.84. The SMILES string of the molecule is NC(=O)C1CCCN1CCC(=O)Nc1ccccc1N. The molecule has 1 aromatic carbocycles. The van der Waals surface area contributed by atoms with Crippen LogP contribution in [0.5, 0.6) is 0 Å². The fourth-order valence-electron chi connectivity index (χ4n) is 2.48. The van der Waals surface area contributed by atoms with Crippen LogP contribution in [0.25, 0.3) is 0 Å². The Morgan fingerprint density at radius 3 is 2.80 bits per heavy atom. The summed E-state index contributed by atoms with van der Waals surface area (Å²) < 4.78 is 0. The van der Waals surface area contributed by atoms with Crippen molar-refractivity contribution in [2.75, 3.05) is 24.1 Å². The molecule has 1 aromatic rings. The highest BCUT2D eigenvalue weighted by Gasteiger charge is 2.28. The molecule has 1 fully saturated rings. The van der Waals surface area contributed by atoms with Gasteiger partial charge in [0.1, 0.15) is 0 Å².